The first-order chi connectivity index (χ1) is 10.1. The Morgan fingerprint density at radius 1 is 1.29 bits per heavy atom. The maximum Gasteiger partial charge on any atom is 0.138 e. The van der Waals surface area contributed by atoms with E-state index in [0.29, 0.717) is 0 Å². The largest absolute Gasteiger partial charge is 0.328 e. The first kappa shape index (κ1) is 14.6. The van der Waals surface area contributed by atoms with Gasteiger partial charge in [-0.15, -0.1) is 0 Å². The molecule has 0 aliphatic heterocycles. The molecule has 108 valence electrons. The van der Waals surface area contributed by atoms with E-state index in [4.69, 9.17) is 10.7 Å². The zero-order chi connectivity index (χ0) is 14.8. The fourth-order valence-corrected chi connectivity index (χ4v) is 3.78. The van der Waals surface area contributed by atoms with Crippen molar-refractivity contribution in [3.63, 3.8) is 0 Å². The van der Waals surface area contributed by atoms with Gasteiger partial charge in [0.25, 0.3) is 0 Å². The predicted molar refractivity (Wildman–Crippen MR) is 90.8 cm³/mol. The van der Waals surface area contributed by atoms with Crippen LogP contribution in [-0.4, -0.2) is 15.4 Å². The Morgan fingerprint density at radius 2 is 2.14 bits per heavy atom. The summed E-state index contributed by atoms with van der Waals surface area (Å²) in [5, 5.41) is 1.02. The number of benzene rings is 1. The van der Waals surface area contributed by atoms with Crippen LogP contribution >= 0.6 is 27.7 Å². The molecule has 21 heavy (non-hydrogen) atoms. The van der Waals surface area contributed by atoms with E-state index < -0.39 is 0 Å². The normalized spacial score (nSPS) is 12.7. The number of fused-ring (bicyclic) bond motifs is 1. The molecule has 0 saturated carbocycles. The molecule has 0 spiro atoms. The van der Waals surface area contributed by atoms with Crippen LogP contribution in [0.5, 0.6) is 0 Å². The van der Waals surface area contributed by atoms with Gasteiger partial charge in [0.1, 0.15) is 10.7 Å². The number of nitrogens with two attached hydrogens (primary N) is 1. The van der Waals surface area contributed by atoms with Crippen molar-refractivity contribution in [1.82, 2.24) is 9.38 Å². The van der Waals surface area contributed by atoms with E-state index in [1.807, 2.05) is 43.5 Å². The van der Waals surface area contributed by atoms with Crippen LogP contribution < -0.4 is 5.73 Å². The molecule has 3 aromatic rings. The minimum atomic E-state index is 0.104. The molecule has 1 aromatic carbocycles. The van der Waals surface area contributed by atoms with E-state index in [2.05, 4.69) is 32.5 Å². The Labute approximate surface area is 136 Å². The molecule has 0 aliphatic carbocycles. The minimum absolute atomic E-state index is 0.104. The molecule has 2 N–H and O–H groups in total. The lowest BCUT2D eigenvalue weighted by Crippen LogP contribution is -2.19. The summed E-state index contributed by atoms with van der Waals surface area (Å²) >= 11 is 5.19. The summed E-state index contributed by atoms with van der Waals surface area (Å²) in [7, 11) is 0. The van der Waals surface area contributed by atoms with Crippen molar-refractivity contribution in [2.75, 3.05) is 0 Å². The van der Waals surface area contributed by atoms with Gasteiger partial charge in [-0.3, -0.25) is 0 Å². The van der Waals surface area contributed by atoms with Crippen molar-refractivity contribution in [3.05, 3.63) is 58.8 Å². The molecule has 5 heteroatoms. The highest BCUT2D eigenvalue weighted by Crippen LogP contribution is 2.32. The quantitative estimate of drug-likeness (QED) is 0.759. The van der Waals surface area contributed by atoms with E-state index >= 15 is 0 Å². The van der Waals surface area contributed by atoms with Crippen LogP contribution in [-0.2, 0) is 6.42 Å². The van der Waals surface area contributed by atoms with Crippen molar-refractivity contribution < 1.29 is 0 Å². The standard InChI is InChI=1S/C16H16BrN3S/c1-11(18)9-14-16(19-15-7-2-3-8-20(14)15)21-13-6-4-5-12(17)10-13/h2-8,10-11H,9,18H2,1H3. The van der Waals surface area contributed by atoms with Gasteiger partial charge in [-0.05, 0) is 37.3 Å². The molecule has 1 unspecified atom stereocenters. The Morgan fingerprint density at radius 3 is 2.90 bits per heavy atom. The molecule has 1 atom stereocenters. The van der Waals surface area contributed by atoms with Gasteiger partial charge in [0, 0.05) is 28.0 Å². The lowest BCUT2D eigenvalue weighted by molar-refractivity contribution is 0.705. The van der Waals surface area contributed by atoms with Crippen LogP contribution in [0.1, 0.15) is 12.6 Å². The van der Waals surface area contributed by atoms with Crippen LogP contribution in [0.4, 0.5) is 0 Å². The molecular weight excluding hydrogens is 346 g/mol. The number of nitrogens with zero attached hydrogens (tertiary/aromatic N) is 2. The number of aromatic nitrogens is 2. The summed E-state index contributed by atoms with van der Waals surface area (Å²) in [6, 6.07) is 14.4. The number of hydrogen-bond acceptors (Lipinski definition) is 3. The molecule has 0 bridgehead atoms. The van der Waals surface area contributed by atoms with Crippen molar-refractivity contribution in [2.45, 2.75) is 29.3 Å². The van der Waals surface area contributed by atoms with Gasteiger partial charge in [0.2, 0.25) is 0 Å². The summed E-state index contributed by atoms with van der Waals surface area (Å²) in [4.78, 5) is 5.91. The van der Waals surface area contributed by atoms with Gasteiger partial charge < -0.3 is 10.1 Å². The molecule has 0 saturated heterocycles. The molecular formula is C16H16BrN3S. The Bertz CT molecular complexity index is 767. The van der Waals surface area contributed by atoms with E-state index in [9.17, 15) is 0 Å². The van der Waals surface area contributed by atoms with Crippen molar-refractivity contribution in [3.8, 4) is 0 Å². The Hall–Kier alpha value is -1.30. The van der Waals surface area contributed by atoms with Gasteiger partial charge in [0.05, 0.1) is 5.69 Å². The second-order valence-corrected chi connectivity index (χ2v) is 7.01. The molecule has 0 amide bonds. The lowest BCUT2D eigenvalue weighted by atomic mass is 10.2. The average Bonchev–Trinajstić information content (AvgIpc) is 2.76. The maximum absolute atomic E-state index is 6.00. The predicted octanol–water partition coefficient (Wildman–Crippen LogP) is 4.14. The third-order valence-electron chi connectivity index (χ3n) is 3.12. The van der Waals surface area contributed by atoms with Gasteiger partial charge in [-0.25, -0.2) is 4.98 Å². The number of imidazole rings is 1. The number of hydrogen-bond donors (Lipinski definition) is 1. The SMILES string of the molecule is CC(N)Cc1c(Sc2cccc(Br)c2)nc2ccccn12. The minimum Gasteiger partial charge on any atom is -0.328 e. The molecule has 0 fully saturated rings. The number of halogens is 1. The van der Waals surface area contributed by atoms with E-state index in [1.165, 1.54) is 10.6 Å². The summed E-state index contributed by atoms with van der Waals surface area (Å²) in [5.74, 6) is 0. The third kappa shape index (κ3) is 3.31. The third-order valence-corrected chi connectivity index (χ3v) is 4.62. The van der Waals surface area contributed by atoms with Crippen LogP contribution in [0.15, 0.2) is 63.1 Å². The maximum atomic E-state index is 6.00. The lowest BCUT2D eigenvalue weighted by Gasteiger charge is -2.07. The topological polar surface area (TPSA) is 43.3 Å². The van der Waals surface area contributed by atoms with Crippen LogP contribution in [0, 0.1) is 0 Å². The highest BCUT2D eigenvalue weighted by Gasteiger charge is 2.14. The zero-order valence-corrected chi connectivity index (χ0v) is 14.1. The molecule has 2 heterocycles. The van der Waals surface area contributed by atoms with Crippen molar-refractivity contribution in [2.24, 2.45) is 5.73 Å². The van der Waals surface area contributed by atoms with Gasteiger partial charge in [0.15, 0.2) is 0 Å². The van der Waals surface area contributed by atoms with Gasteiger partial charge >= 0.3 is 0 Å². The number of pyridine rings is 1. The Kier molecular flexibility index (Phi) is 4.33. The zero-order valence-electron chi connectivity index (χ0n) is 11.7. The number of rotatable bonds is 4. The van der Waals surface area contributed by atoms with E-state index in [-0.39, 0.29) is 6.04 Å². The van der Waals surface area contributed by atoms with E-state index in [0.717, 1.165) is 21.6 Å². The average molecular weight is 362 g/mol. The summed E-state index contributed by atoms with van der Waals surface area (Å²) < 4.78 is 3.20. The summed E-state index contributed by atoms with van der Waals surface area (Å²) in [6.07, 6.45) is 2.85. The Balaban J connectivity index is 2.04. The van der Waals surface area contributed by atoms with Crippen LogP contribution in [0.2, 0.25) is 0 Å². The monoisotopic (exact) mass is 361 g/mol. The fourth-order valence-electron chi connectivity index (χ4n) is 2.24. The van der Waals surface area contributed by atoms with Crippen LogP contribution in [0.25, 0.3) is 5.65 Å². The summed E-state index contributed by atoms with van der Waals surface area (Å²) in [6.45, 7) is 2.02. The van der Waals surface area contributed by atoms with Crippen molar-refractivity contribution in [1.29, 1.82) is 0 Å². The van der Waals surface area contributed by atoms with Gasteiger partial charge in [-0.2, -0.15) is 0 Å². The second-order valence-electron chi connectivity index (χ2n) is 5.03. The van der Waals surface area contributed by atoms with Crippen LogP contribution in [0.3, 0.4) is 0 Å². The first-order valence-electron chi connectivity index (χ1n) is 6.78. The highest BCUT2D eigenvalue weighted by atomic mass is 79.9. The fraction of sp³-hybridized carbons (Fsp3) is 0.188. The van der Waals surface area contributed by atoms with Crippen molar-refractivity contribution >= 4 is 33.3 Å². The molecule has 0 radical (unpaired) electrons. The second kappa shape index (κ2) is 6.22. The highest BCUT2D eigenvalue weighted by molar-refractivity contribution is 9.10. The summed E-state index contributed by atoms with van der Waals surface area (Å²) in [5.41, 5.74) is 8.14. The first-order valence-corrected chi connectivity index (χ1v) is 8.39. The molecule has 2 aromatic heterocycles. The van der Waals surface area contributed by atoms with Gasteiger partial charge in [-0.1, -0.05) is 39.8 Å². The molecule has 3 rings (SSSR count). The molecule has 3 nitrogen and oxygen atoms in total. The van der Waals surface area contributed by atoms with E-state index in [1.54, 1.807) is 11.8 Å². The molecule has 0 aliphatic rings. The smallest absolute Gasteiger partial charge is 0.138 e.